The van der Waals surface area contributed by atoms with Crippen LogP contribution in [0.5, 0.6) is 23.0 Å². The summed E-state index contributed by atoms with van der Waals surface area (Å²) < 4.78 is 16.2. The van der Waals surface area contributed by atoms with E-state index in [4.69, 9.17) is 14.2 Å². The Morgan fingerprint density at radius 3 is 2.10 bits per heavy atom. The third-order valence-electron chi connectivity index (χ3n) is 3.46. The number of phenols is 1. The van der Waals surface area contributed by atoms with E-state index < -0.39 is 0 Å². The van der Waals surface area contributed by atoms with E-state index in [2.05, 4.69) is 0 Å². The normalized spacial score (nSPS) is 10.3. The van der Waals surface area contributed by atoms with Crippen molar-refractivity contribution in [3.05, 3.63) is 35.9 Å². The van der Waals surface area contributed by atoms with Crippen molar-refractivity contribution in [3.8, 4) is 34.1 Å². The van der Waals surface area contributed by atoms with E-state index in [1.165, 1.54) is 0 Å². The van der Waals surface area contributed by atoms with E-state index in [0.717, 1.165) is 23.1 Å². The minimum atomic E-state index is 0.259. The Morgan fingerprint density at radius 2 is 1.52 bits per heavy atom. The summed E-state index contributed by atoms with van der Waals surface area (Å²) in [7, 11) is 4.78. The Kier molecular flexibility index (Phi) is 4.58. The third kappa shape index (κ3) is 2.75. The molecule has 2 aromatic carbocycles. The zero-order valence-electron chi connectivity index (χ0n) is 12.8. The molecule has 1 N–H and O–H groups in total. The lowest BCUT2D eigenvalue weighted by molar-refractivity contribution is 0.325. The van der Waals surface area contributed by atoms with Crippen LogP contribution in [0.4, 0.5) is 0 Å². The fourth-order valence-corrected chi connectivity index (χ4v) is 2.45. The zero-order valence-corrected chi connectivity index (χ0v) is 12.8. The zero-order chi connectivity index (χ0) is 15.4. The van der Waals surface area contributed by atoms with Gasteiger partial charge in [0.2, 0.25) is 5.75 Å². The van der Waals surface area contributed by atoms with Crippen molar-refractivity contribution in [2.24, 2.45) is 0 Å². The molecule has 0 spiro atoms. The predicted octanol–water partition coefficient (Wildman–Crippen LogP) is 3.65. The van der Waals surface area contributed by atoms with Gasteiger partial charge in [-0.25, -0.2) is 0 Å². The summed E-state index contributed by atoms with van der Waals surface area (Å²) in [5.74, 6) is 2.06. The van der Waals surface area contributed by atoms with Crippen LogP contribution in [0, 0.1) is 0 Å². The molecule has 0 unspecified atom stereocenters. The van der Waals surface area contributed by atoms with E-state index in [1.807, 2.05) is 25.1 Å². The lowest BCUT2D eigenvalue weighted by Gasteiger charge is -2.17. The highest BCUT2D eigenvalue weighted by Crippen LogP contribution is 2.45. The first kappa shape index (κ1) is 15.0. The van der Waals surface area contributed by atoms with Crippen molar-refractivity contribution in [2.75, 3.05) is 21.3 Å². The lowest BCUT2D eigenvalue weighted by Crippen LogP contribution is -1.98. The van der Waals surface area contributed by atoms with Crippen molar-refractivity contribution in [2.45, 2.75) is 13.3 Å². The average Bonchev–Trinajstić information content (AvgIpc) is 2.53. The van der Waals surface area contributed by atoms with Gasteiger partial charge in [0.15, 0.2) is 11.5 Å². The van der Waals surface area contributed by atoms with Crippen LogP contribution in [0.3, 0.4) is 0 Å². The quantitative estimate of drug-likeness (QED) is 0.912. The molecule has 0 fully saturated rings. The van der Waals surface area contributed by atoms with Gasteiger partial charge in [0.05, 0.1) is 21.3 Å². The molecule has 2 rings (SSSR count). The Morgan fingerprint density at radius 1 is 0.857 bits per heavy atom. The van der Waals surface area contributed by atoms with Crippen molar-refractivity contribution in [3.63, 3.8) is 0 Å². The minimum absolute atomic E-state index is 0.259. The Hall–Kier alpha value is -2.36. The number of aromatic hydroxyl groups is 1. The molecule has 0 aliphatic heterocycles. The number of aryl methyl sites for hydroxylation is 1. The van der Waals surface area contributed by atoms with Crippen molar-refractivity contribution >= 4 is 0 Å². The van der Waals surface area contributed by atoms with Crippen molar-refractivity contribution in [1.29, 1.82) is 0 Å². The molecule has 2 aromatic rings. The minimum Gasteiger partial charge on any atom is -0.508 e. The third-order valence-corrected chi connectivity index (χ3v) is 3.46. The van der Waals surface area contributed by atoms with E-state index in [-0.39, 0.29) is 5.75 Å². The van der Waals surface area contributed by atoms with Gasteiger partial charge in [-0.15, -0.1) is 0 Å². The van der Waals surface area contributed by atoms with Crippen molar-refractivity contribution < 1.29 is 19.3 Å². The van der Waals surface area contributed by atoms with Gasteiger partial charge in [-0.2, -0.15) is 0 Å². The number of ether oxygens (including phenoxy) is 3. The monoisotopic (exact) mass is 288 g/mol. The summed E-state index contributed by atoms with van der Waals surface area (Å²) in [5.41, 5.74) is 2.96. The predicted molar refractivity (Wildman–Crippen MR) is 82.6 cm³/mol. The summed E-state index contributed by atoms with van der Waals surface area (Å²) in [5, 5.41) is 9.65. The highest BCUT2D eigenvalue weighted by molar-refractivity contribution is 5.78. The van der Waals surface area contributed by atoms with Crippen LogP contribution in [-0.4, -0.2) is 26.4 Å². The molecular formula is C17H20O4. The molecule has 21 heavy (non-hydrogen) atoms. The standard InChI is InChI=1S/C17H20O4/c1-5-11-10-12(18)6-7-13(11)14-8-9-15(19-2)17(21-4)16(14)20-3/h6-10,18H,5H2,1-4H3. The van der Waals surface area contributed by atoms with Crippen LogP contribution in [0.25, 0.3) is 11.1 Å². The van der Waals surface area contributed by atoms with Crippen LogP contribution in [0.15, 0.2) is 30.3 Å². The molecule has 0 heterocycles. The number of benzene rings is 2. The fraction of sp³-hybridized carbons (Fsp3) is 0.294. The van der Waals surface area contributed by atoms with Crippen LogP contribution < -0.4 is 14.2 Å². The van der Waals surface area contributed by atoms with Crippen LogP contribution in [0.2, 0.25) is 0 Å². The largest absolute Gasteiger partial charge is 0.508 e. The molecule has 0 aliphatic rings. The Balaban J connectivity index is 2.69. The summed E-state index contributed by atoms with van der Waals surface area (Å²) in [6, 6.07) is 9.11. The van der Waals surface area contributed by atoms with Gasteiger partial charge in [-0.1, -0.05) is 13.0 Å². The van der Waals surface area contributed by atoms with E-state index in [0.29, 0.717) is 17.2 Å². The highest BCUT2D eigenvalue weighted by Gasteiger charge is 2.18. The van der Waals surface area contributed by atoms with Crippen LogP contribution in [0.1, 0.15) is 12.5 Å². The van der Waals surface area contributed by atoms with Crippen LogP contribution >= 0.6 is 0 Å². The maximum absolute atomic E-state index is 9.65. The molecule has 0 atom stereocenters. The number of phenolic OH excluding ortho intramolecular Hbond substituents is 1. The molecule has 4 heteroatoms. The summed E-state index contributed by atoms with van der Waals surface area (Å²) in [6.45, 7) is 2.05. The molecule has 0 amide bonds. The molecule has 0 saturated carbocycles. The maximum Gasteiger partial charge on any atom is 0.203 e. The summed E-state index contributed by atoms with van der Waals surface area (Å²) >= 11 is 0. The number of hydrogen-bond donors (Lipinski definition) is 1. The summed E-state index contributed by atoms with van der Waals surface area (Å²) in [4.78, 5) is 0. The molecule has 0 aromatic heterocycles. The molecular weight excluding hydrogens is 268 g/mol. The molecule has 112 valence electrons. The molecule has 0 saturated heterocycles. The van der Waals surface area contributed by atoms with E-state index >= 15 is 0 Å². The first-order chi connectivity index (χ1) is 10.2. The fourth-order valence-electron chi connectivity index (χ4n) is 2.45. The first-order valence-electron chi connectivity index (χ1n) is 6.77. The second-order valence-electron chi connectivity index (χ2n) is 4.58. The van der Waals surface area contributed by atoms with Crippen molar-refractivity contribution in [1.82, 2.24) is 0 Å². The number of hydrogen-bond acceptors (Lipinski definition) is 4. The van der Waals surface area contributed by atoms with Gasteiger partial charge in [0, 0.05) is 5.56 Å². The average molecular weight is 288 g/mol. The SMILES string of the molecule is CCc1cc(O)ccc1-c1ccc(OC)c(OC)c1OC. The lowest BCUT2D eigenvalue weighted by atomic mass is 9.96. The first-order valence-corrected chi connectivity index (χ1v) is 6.77. The van der Waals surface area contributed by atoms with E-state index in [1.54, 1.807) is 33.5 Å². The smallest absolute Gasteiger partial charge is 0.203 e. The van der Waals surface area contributed by atoms with E-state index in [9.17, 15) is 5.11 Å². The van der Waals surface area contributed by atoms with Gasteiger partial charge in [0.1, 0.15) is 5.75 Å². The van der Waals surface area contributed by atoms with Gasteiger partial charge in [-0.05, 0) is 41.8 Å². The Bertz CT molecular complexity index is 635. The molecule has 0 bridgehead atoms. The maximum atomic E-state index is 9.65. The van der Waals surface area contributed by atoms with Gasteiger partial charge < -0.3 is 19.3 Å². The van der Waals surface area contributed by atoms with Gasteiger partial charge in [0.25, 0.3) is 0 Å². The van der Waals surface area contributed by atoms with Crippen LogP contribution in [-0.2, 0) is 6.42 Å². The molecule has 4 nitrogen and oxygen atoms in total. The number of methoxy groups -OCH3 is 3. The molecule has 0 aliphatic carbocycles. The Labute approximate surface area is 124 Å². The molecule has 0 radical (unpaired) electrons. The van der Waals surface area contributed by atoms with Gasteiger partial charge >= 0.3 is 0 Å². The van der Waals surface area contributed by atoms with Gasteiger partial charge in [-0.3, -0.25) is 0 Å². The summed E-state index contributed by atoms with van der Waals surface area (Å²) in [6.07, 6.45) is 0.807. The second-order valence-corrected chi connectivity index (χ2v) is 4.58. The number of rotatable bonds is 5. The topological polar surface area (TPSA) is 47.9 Å². The highest BCUT2D eigenvalue weighted by atomic mass is 16.5. The second kappa shape index (κ2) is 6.39.